The van der Waals surface area contributed by atoms with E-state index >= 15 is 0 Å². The molecule has 0 fully saturated rings. The van der Waals surface area contributed by atoms with Crippen molar-refractivity contribution in [1.82, 2.24) is 0 Å². The summed E-state index contributed by atoms with van der Waals surface area (Å²) in [5.74, 6) is 0.976. The van der Waals surface area contributed by atoms with Gasteiger partial charge in [-0.2, -0.15) is 0 Å². The molecule has 1 unspecified atom stereocenters. The van der Waals surface area contributed by atoms with Crippen molar-refractivity contribution < 1.29 is 4.74 Å². The first-order chi connectivity index (χ1) is 9.29. The molecule has 1 nitrogen and oxygen atoms in total. The van der Waals surface area contributed by atoms with Crippen molar-refractivity contribution in [2.24, 2.45) is 0 Å². The van der Waals surface area contributed by atoms with E-state index in [4.69, 9.17) is 4.74 Å². The van der Waals surface area contributed by atoms with Gasteiger partial charge in [0, 0.05) is 4.88 Å². The number of rotatable bonds is 7. The van der Waals surface area contributed by atoms with E-state index in [9.17, 15) is 0 Å². The fourth-order valence-corrected chi connectivity index (χ4v) is 2.85. The van der Waals surface area contributed by atoms with E-state index < -0.39 is 0 Å². The minimum Gasteiger partial charge on any atom is -0.491 e. The van der Waals surface area contributed by atoms with Crippen LogP contribution in [0.15, 0.2) is 41.8 Å². The molecule has 0 aliphatic carbocycles. The Hall–Kier alpha value is -1.28. The molecular formula is C17H22OS. The van der Waals surface area contributed by atoms with Crippen LogP contribution in [0, 0.1) is 0 Å². The average Bonchev–Trinajstić information content (AvgIpc) is 2.94. The maximum atomic E-state index is 5.94. The van der Waals surface area contributed by atoms with Gasteiger partial charge in [0.15, 0.2) is 0 Å². The zero-order valence-electron chi connectivity index (χ0n) is 11.8. The van der Waals surface area contributed by atoms with Gasteiger partial charge < -0.3 is 4.74 Å². The summed E-state index contributed by atoms with van der Waals surface area (Å²) in [6.45, 7) is 4.39. The molecule has 0 radical (unpaired) electrons. The molecule has 0 saturated carbocycles. The maximum Gasteiger partial charge on any atom is 0.119 e. The standard InChI is InChI=1S/C17H22OS/c1-3-4-5-7-14(2)18-16-11-9-15(10-12-16)17-8-6-13-19-17/h6,8-14H,3-5,7H2,1-2H3. The van der Waals surface area contributed by atoms with Gasteiger partial charge in [-0.3, -0.25) is 0 Å². The van der Waals surface area contributed by atoms with E-state index in [1.165, 1.54) is 29.7 Å². The SMILES string of the molecule is CCCCCC(C)Oc1ccc(-c2cccs2)cc1. The summed E-state index contributed by atoms with van der Waals surface area (Å²) in [6, 6.07) is 12.7. The molecule has 1 aromatic carbocycles. The smallest absolute Gasteiger partial charge is 0.119 e. The number of ether oxygens (including phenoxy) is 1. The lowest BCUT2D eigenvalue weighted by Gasteiger charge is -2.14. The first-order valence-corrected chi connectivity index (χ1v) is 7.98. The third-order valence-corrected chi connectivity index (χ3v) is 4.13. The van der Waals surface area contributed by atoms with E-state index in [0.29, 0.717) is 6.10 Å². The minimum atomic E-state index is 0.305. The highest BCUT2D eigenvalue weighted by atomic mass is 32.1. The number of thiophene rings is 1. The van der Waals surface area contributed by atoms with Crippen molar-refractivity contribution in [3.05, 3.63) is 41.8 Å². The number of hydrogen-bond donors (Lipinski definition) is 0. The van der Waals surface area contributed by atoms with E-state index in [-0.39, 0.29) is 0 Å². The summed E-state index contributed by atoms with van der Waals surface area (Å²) in [4.78, 5) is 1.31. The van der Waals surface area contributed by atoms with Crippen LogP contribution in [0.1, 0.15) is 39.5 Å². The summed E-state index contributed by atoms with van der Waals surface area (Å²) in [5, 5.41) is 2.11. The maximum absolute atomic E-state index is 5.94. The summed E-state index contributed by atoms with van der Waals surface area (Å²) < 4.78 is 5.94. The monoisotopic (exact) mass is 274 g/mol. The molecular weight excluding hydrogens is 252 g/mol. The van der Waals surface area contributed by atoms with Gasteiger partial charge in [-0.15, -0.1) is 11.3 Å². The summed E-state index contributed by atoms with van der Waals surface area (Å²) in [6.07, 6.45) is 5.26. The molecule has 2 rings (SSSR count). The third-order valence-electron chi connectivity index (χ3n) is 3.21. The van der Waals surface area contributed by atoms with E-state index in [1.54, 1.807) is 11.3 Å². The first-order valence-electron chi connectivity index (χ1n) is 7.10. The zero-order valence-corrected chi connectivity index (χ0v) is 12.6. The van der Waals surface area contributed by atoms with Crippen LogP contribution in [0.3, 0.4) is 0 Å². The Morgan fingerprint density at radius 1 is 1.11 bits per heavy atom. The van der Waals surface area contributed by atoms with Crippen molar-refractivity contribution in [1.29, 1.82) is 0 Å². The van der Waals surface area contributed by atoms with Crippen LogP contribution < -0.4 is 4.74 Å². The number of benzene rings is 1. The molecule has 0 saturated heterocycles. The molecule has 2 heteroatoms. The van der Waals surface area contributed by atoms with Crippen molar-refractivity contribution in [3.8, 4) is 16.2 Å². The summed E-state index contributed by atoms with van der Waals surface area (Å²) in [7, 11) is 0. The Kier molecular flexibility index (Phi) is 5.46. The molecule has 1 atom stereocenters. The molecule has 0 N–H and O–H groups in total. The molecule has 19 heavy (non-hydrogen) atoms. The molecule has 0 spiro atoms. The highest BCUT2D eigenvalue weighted by Gasteiger charge is 2.04. The minimum absolute atomic E-state index is 0.305. The van der Waals surface area contributed by atoms with Crippen molar-refractivity contribution in [2.45, 2.75) is 45.6 Å². The van der Waals surface area contributed by atoms with Crippen LogP contribution in [-0.2, 0) is 0 Å². The number of unbranched alkanes of at least 4 members (excludes halogenated alkanes) is 2. The lowest BCUT2D eigenvalue weighted by Crippen LogP contribution is -2.11. The molecule has 0 aliphatic heterocycles. The average molecular weight is 274 g/mol. The quantitative estimate of drug-likeness (QED) is 0.583. The summed E-state index contributed by atoms with van der Waals surface area (Å²) in [5.41, 5.74) is 1.26. The van der Waals surface area contributed by atoms with Crippen LogP contribution in [0.25, 0.3) is 10.4 Å². The molecule has 2 aromatic rings. The van der Waals surface area contributed by atoms with Crippen LogP contribution >= 0.6 is 11.3 Å². The summed E-state index contributed by atoms with van der Waals surface area (Å²) >= 11 is 1.77. The predicted molar refractivity (Wildman–Crippen MR) is 84.0 cm³/mol. The lowest BCUT2D eigenvalue weighted by molar-refractivity contribution is 0.206. The van der Waals surface area contributed by atoms with E-state index in [2.05, 4.69) is 55.6 Å². The Morgan fingerprint density at radius 2 is 1.89 bits per heavy atom. The normalized spacial score (nSPS) is 12.3. The third kappa shape index (κ3) is 4.39. The molecule has 0 amide bonds. The van der Waals surface area contributed by atoms with Gasteiger partial charge in [0.05, 0.1) is 6.10 Å². The van der Waals surface area contributed by atoms with Gasteiger partial charge >= 0.3 is 0 Å². The Balaban J connectivity index is 1.88. The van der Waals surface area contributed by atoms with Gasteiger partial charge in [0.2, 0.25) is 0 Å². The Morgan fingerprint density at radius 3 is 2.53 bits per heavy atom. The highest BCUT2D eigenvalue weighted by molar-refractivity contribution is 7.13. The van der Waals surface area contributed by atoms with Crippen LogP contribution in [0.4, 0.5) is 0 Å². The molecule has 1 heterocycles. The fourth-order valence-electron chi connectivity index (χ4n) is 2.11. The molecule has 0 aliphatic rings. The van der Waals surface area contributed by atoms with Gasteiger partial charge in [0.1, 0.15) is 5.75 Å². The molecule has 0 bridgehead atoms. The Bertz CT molecular complexity index is 459. The second-order valence-corrected chi connectivity index (χ2v) is 5.87. The second kappa shape index (κ2) is 7.34. The molecule has 102 valence electrons. The first kappa shape index (κ1) is 14.1. The van der Waals surface area contributed by atoms with Crippen molar-refractivity contribution in [2.75, 3.05) is 0 Å². The topological polar surface area (TPSA) is 9.23 Å². The van der Waals surface area contributed by atoms with Crippen LogP contribution in [-0.4, -0.2) is 6.10 Å². The molecule has 1 aromatic heterocycles. The predicted octanol–water partition coefficient (Wildman–Crippen LogP) is 5.76. The largest absolute Gasteiger partial charge is 0.491 e. The van der Waals surface area contributed by atoms with Gasteiger partial charge in [-0.25, -0.2) is 0 Å². The van der Waals surface area contributed by atoms with Gasteiger partial charge in [-0.05, 0) is 61.0 Å². The van der Waals surface area contributed by atoms with Gasteiger partial charge in [0.25, 0.3) is 0 Å². The Labute approximate surface area is 120 Å². The number of hydrogen-bond acceptors (Lipinski definition) is 2. The van der Waals surface area contributed by atoms with Crippen LogP contribution in [0.5, 0.6) is 5.75 Å². The van der Waals surface area contributed by atoms with Crippen molar-refractivity contribution in [3.63, 3.8) is 0 Å². The van der Waals surface area contributed by atoms with E-state index in [0.717, 1.165) is 12.2 Å². The lowest BCUT2D eigenvalue weighted by atomic mass is 10.1. The second-order valence-electron chi connectivity index (χ2n) is 4.93. The van der Waals surface area contributed by atoms with Gasteiger partial charge in [-0.1, -0.05) is 25.8 Å². The zero-order chi connectivity index (χ0) is 13.5. The van der Waals surface area contributed by atoms with Crippen molar-refractivity contribution >= 4 is 11.3 Å². The fraction of sp³-hybridized carbons (Fsp3) is 0.412. The highest BCUT2D eigenvalue weighted by Crippen LogP contribution is 2.26. The van der Waals surface area contributed by atoms with E-state index in [1.807, 2.05) is 0 Å². The van der Waals surface area contributed by atoms with Crippen LogP contribution in [0.2, 0.25) is 0 Å².